The van der Waals surface area contributed by atoms with Crippen LogP contribution in [0.3, 0.4) is 0 Å². The van der Waals surface area contributed by atoms with Crippen molar-refractivity contribution in [2.24, 2.45) is 5.73 Å². The molecule has 0 radical (unpaired) electrons. The molecule has 5 heteroatoms. The molecule has 1 aliphatic heterocycles. The number of nitrogens with zero attached hydrogens (tertiary/aromatic N) is 3. The number of likely N-dealkylation sites (tertiary alicyclic amines) is 1. The van der Waals surface area contributed by atoms with E-state index < -0.39 is 5.60 Å². The van der Waals surface area contributed by atoms with Crippen LogP contribution in [0.5, 0.6) is 0 Å². The van der Waals surface area contributed by atoms with Gasteiger partial charge in [0.15, 0.2) is 0 Å². The summed E-state index contributed by atoms with van der Waals surface area (Å²) in [4.78, 5) is 11.9. The summed E-state index contributed by atoms with van der Waals surface area (Å²) in [5.41, 5.74) is 9.44. The largest absolute Gasteiger partial charge is 0.390 e. The molecule has 3 N–H and O–H groups in total. The van der Waals surface area contributed by atoms with Crippen LogP contribution in [0.1, 0.15) is 67.2 Å². The average Bonchev–Trinajstić information content (AvgIpc) is 2.63. The molecule has 3 atom stereocenters. The Balaban J connectivity index is 2.04. The third-order valence-electron chi connectivity index (χ3n) is 5.67. The monoisotopic (exact) mass is 368 g/mol. The van der Waals surface area contributed by atoms with E-state index in [-0.39, 0.29) is 12.1 Å². The topological polar surface area (TPSA) is 75.3 Å². The molecule has 0 amide bonds. The highest BCUT2D eigenvalue weighted by molar-refractivity contribution is 5.27. The lowest BCUT2D eigenvalue weighted by atomic mass is 9.79. The smallest absolute Gasteiger partial charge is 0.0657 e. The maximum Gasteiger partial charge on any atom is 0.0657 e. The SMILES string of the molecule is Cc1cccnc1C1CC(C)(O)C[C@@H](c2ncccc2C)N1CCCCN. The maximum atomic E-state index is 11.1. The predicted octanol–water partition coefficient (Wildman–Crippen LogP) is 3.46. The van der Waals surface area contributed by atoms with E-state index in [1.54, 1.807) is 0 Å². The first-order valence-corrected chi connectivity index (χ1v) is 9.94. The molecule has 0 aromatic carbocycles. The summed E-state index contributed by atoms with van der Waals surface area (Å²) in [5, 5.41) is 11.1. The first-order chi connectivity index (χ1) is 12.9. The highest BCUT2D eigenvalue weighted by atomic mass is 16.3. The molecule has 1 saturated heterocycles. The van der Waals surface area contributed by atoms with Gasteiger partial charge < -0.3 is 10.8 Å². The minimum Gasteiger partial charge on any atom is -0.390 e. The Hall–Kier alpha value is -1.82. The van der Waals surface area contributed by atoms with Crippen LogP contribution in [0.2, 0.25) is 0 Å². The van der Waals surface area contributed by atoms with Gasteiger partial charge in [0.25, 0.3) is 0 Å². The van der Waals surface area contributed by atoms with Crippen molar-refractivity contribution in [2.75, 3.05) is 13.1 Å². The van der Waals surface area contributed by atoms with Gasteiger partial charge in [-0.05, 0) is 82.8 Å². The average molecular weight is 369 g/mol. The van der Waals surface area contributed by atoms with Gasteiger partial charge in [0.05, 0.1) is 29.1 Å². The molecule has 2 aromatic rings. The van der Waals surface area contributed by atoms with Gasteiger partial charge in [-0.3, -0.25) is 14.9 Å². The highest BCUT2D eigenvalue weighted by Gasteiger charge is 2.43. The van der Waals surface area contributed by atoms with E-state index in [0.29, 0.717) is 19.4 Å². The second-order valence-electron chi connectivity index (χ2n) is 8.08. The number of aryl methyl sites for hydroxylation is 2. The van der Waals surface area contributed by atoms with E-state index in [0.717, 1.165) is 30.8 Å². The van der Waals surface area contributed by atoms with Crippen molar-refractivity contribution in [3.05, 3.63) is 59.2 Å². The molecule has 1 aliphatic rings. The lowest BCUT2D eigenvalue weighted by Crippen LogP contribution is -2.47. The van der Waals surface area contributed by atoms with Gasteiger partial charge in [-0.25, -0.2) is 0 Å². The summed E-state index contributed by atoms with van der Waals surface area (Å²) in [7, 11) is 0. The van der Waals surface area contributed by atoms with Gasteiger partial charge in [0, 0.05) is 12.4 Å². The molecule has 0 saturated carbocycles. The molecular formula is C22H32N4O. The number of pyridine rings is 2. The zero-order valence-electron chi connectivity index (χ0n) is 16.7. The summed E-state index contributed by atoms with van der Waals surface area (Å²) in [6, 6.07) is 8.28. The van der Waals surface area contributed by atoms with Crippen molar-refractivity contribution < 1.29 is 5.11 Å². The van der Waals surface area contributed by atoms with Crippen LogP contribution >= 0.6 is 0 Å². The van der Waals surface area contributed by atoms with Crippen LogP contribution in [0.25, 0.3) is 0 Å². The molecule has 0 aliphatic carbocycles. The fourth-order valence-corrected chi connectivity index (χ4v) is 4.32. The van der Waals surface area contributed by atoms with Crippen molar-refractivity contribution in [1.29, 1.82) is 0 Å². The maximum absolute atomic E-state index is 11.1. The minimum absolute atomic E-state index is 0.0686. The number of piperidine rings is 1. The van der Waals surface area contributed by atoms with E-state index in [1.165, 1.54) is 11.1 Å². The van der Waals surface area contributed by atoms with Gasteiger partial charge in [0.1, 0.15) is 0 Å². The summed E-state index contributed by atoms with van der Waals surface area (Å²) in [5.74, 6) is 0. The van der Waals surface area contributed by atoms with E-state index in [9.17, 15) is 5.11 Å². The Morgan fingerprint density at radius 1 is 1.04 bits per heavy atom. The summed E-state index contributed by atoms with van der Waals surface area (Å²) in [6.45, 7) is 7.77. The Bertz CT molecular complexity index is 704. The van der Waals surface area contributed by atoms with Crippen molar-refractivity contribution in [3.63, 3.8) is 0 Å². The van der Waals surface area contributed by atoms with Crippen LogP contribution in [0.4, 0.5) is 0 Å². The molecule has 2 aromatic heterocycles. The standard InChI is InChI=1S/C22H32N4O/c1-16-8-6-11-24-20(16)18-14-22(3,27)15-19(26(18)13-5-4-10-23)21-17(2)9-7-12-25-21/h6-9,11-12,18-19,27H,4-5,10,13-15,23H2,1-3H3/t18-,19?,22?/m0/s1. The Labute approximate surface area is 162 Å². The molecular weight excluding hydrogens is 336 g/mol. The number of rotatable bonds is 6. The molecule has 146 valence electrons. The fourth-order valence-electron chi connectivity index (χ4n) is 4.32. The summed E-state index contributed by atoms with van der Waals surface area (Å²) in [6.07, 6.45) is 7.08. The van der Waals surface area contributed by atoms with Gasteiger partial charge in [-0.15, -0.1) is 0 Å². The Kier molecular flexibility index (Phi) is 6.25. The summed E-state index contributed by atoms with van der Waals surface area (Å²) >= 11 is 0. The molecule has 27 heavy (non-hydrogen) atoms. The normalized spacial score (nSPS) is 26.3. The molecule has 0 bridgehead atoms. The third kappa shape index (κ3) is 4.54. The Morgan fingerprint density at radius 2 is 1.56 bits per heavy atom. The van der Waals surface area contributed by atoms with Crippen molar-refractivity contribution in [1.82, 2.24) is 14.9 Å². The number of hydrogen-bond acceptors (Lipinski definition) is 5. The minimum atomic E-state index is -0.756. The number of aliphatic hydroxyl groups is 1. The van der Waals surface area contributed by atoms with Gasteiger partial charge >= 0.3 is 0 Å². The molecule has 5 nitrogen and oxygen atoms in total. The van der Waals surface area contributed by atoms with Crippen molar-refractivity contribution in [3.8, 4) is 0 Å². The van der Waals surface area contributed by atoms with Crippen LogP contribution in [-0.4, -0.2) is 38.7 Å². The molecule has 1 fully saturated rings. The molecule has 2 unspecified atom stereocenters. The second kappa shape index (κ2) is 8.46. The zero-order chi connectivity index (χ0) is 19.4. The number of nitrogens with two attached hydrogens (primary N) is 1. The lowest BCUT2D eigenvalue weighted by Gasteiger charge is -2.48. The van der Waals surface area contributed by atoms with Crippen molar-refractivity contribution in [2.45, 2.75) is 64.1 Å². The third-order valence-corrected chi connectivity index (χ3v) is 5.67. The second-order valence-corrected chi connectivity index (χ2v) is 8.08. The van der Waals surface area contributed by atoms with Gasteiger partial charge in [-0.1, -0.05) is 12.1 Å². The van der Waals surface area contributed by atoms with Gasteiger partial charge in [0.2, 0.25) is 0 Å². The first kappa shape index (κ1) is 19.9. The van der Waals surface area contributed by atoms with E-state index in [1.807, 2.05) is 31.5 Å². The molecule has 0 spiro atoms. The Morgan fingerprint density at radius 3 is 2.00 bits per heavy atom. The zero-order valence-corrected chi connectivity index (χ0v) is 16.7. The number of hydrogen-bond donors (Lipinski definition) is 2. The van der Waals surface area contributed by atoms with E-state index >= 15 is 0 Å². The molecule has 3 rings (SSSR count). The quantitative estimate of drug-likeness (QED) is 0.764. The number of unbranched alkanes of at least 4 members (excludes halogenated alkanes) is 1. The predicted molar refractivity (Wildman–Crippen MR) is 108 cm³/mol. The van der Waals surface area contributed by atoms with Crippen molar-refractivity contribution >= 4 is 0 Å². The van der Waals surface area contributed by atoms with Crippen LogP contribution in [-0.2, 0) is 0 Å². The molecule has 3 heterocycles. The van der Waals surface area contributed by atoms with E-state index in [4.69, 9.17) is 15.7 Å². The van der Waals surface area contributed by atoms with Gasteiger partial charge in [-0.2, -0.15) is 0 Å². The summed E-state index contributed by atoms with van der Waals surface area (Å²) < 4.78 is 0. The highest BCUT2D eigenvalue weighted by Crippen LogP contribution is 2.46. The van der Waals surface area contributed by atoms with E-state index in [2.05, 4.69) is 30.9 Å². The lowest BCUT2D eigenvalue weighted by molar-refractivity contribution is -0.0686. The van der Waals surface area contributed by atoms with Crippen LogP contribution in [0.15, 0.2) is 36.7 Å². The first-order valence-electron chi connectivity index (χ1n) is 9.94. The van der Waals surface area contributed by atoms with Crippen LogP contribution < -0.4 is 5.73 Å². The number of aromatic nitrogens is 2. The van der Waals surface area contributed by atoms with Crippen LogP contribution in [0, 0.1) is 13.8 Å². The fraction of sp³-hybridized carbons (Fsp3) is 0.545.